The molecule has 3 heterocycles. The van der Waals surface area contributed by atoms with Crippen LogP contribution >= 0.6 is 0 Å². The molecular weight excluding hydrogens is 320 g/mol. The third kappa shape index (κ3) is 3.51. The number of para-hydroxylation sites is 2. The predicted octanol–water partition coefficient (Wildman–Crippen LogP) is 2.90. The van der Waals surface area contributed by atoms with Gasteiger partial charge in [-0.25, -0.2) is 0 Å². The summed E-state index contributed by atoms with van der Waals surface area (Å²) in [4.78, 5) is 6.67. The lowest BCUT2D eigenvalue weighted by atomic mass is 10.1. The highest BCUT2D eigenvalue weighted by molar-refractivity contribution is 5.70. The van der Waals surface area contributed by atoms with E-state index < -0.39 is 0 Å². The van der Waals surface area contributed by atoms with Gasteiger partial charge in [-0.05, 0) is 31.0 Å². The van der Waals surface area contributed by atoms with Crippen molar-refractivity contribution in [2.75, 3.05) is 23.3 Å². The Labute approximate surface area is 145 Å². The molecule has 3 aromatic rings. The quantitative estimate of drug-likeness (QED) is 0.738. The molecule has 1 saturated heterocycles. The van der Waals surface area contributed by atoms with Crippen LogP contribution in [-0.4, -0.2) is 34.4 Å². The summed E-state index contributed by atoms with van der Waals surface area (Å²) >= 11 is 0. The number of nitrogens with one attached hydrogen (secondary N) is 1. The van der Waals surface area contributed by atoms with Gasteiger partial charge in [0.25, 0.3) is 5.89 Å². The molecule has 1 aliphatic heterocycles. The average molecular weight is 340 g/mol. The summed E-state index contributed by atoms with van der Waals surface area (Å²) in [5, 5.41) is 17.1. The van der Waals surface area contributed by atoms with Crippen LogP contribution in [0.1, 0.15) is 18.7 Å². The van der Waals surface area contributed by atoms with Crippen molar-refractivity contribution in [2.45, 2.75) is 25.5 Å². The zero-order valence-electron chi connectivity index (χ0n) is 13.8. The Morgan fingerprint density at radius 1 is 1.20 bits per heavy atom. The first-order chi connectivity index (χ1) is 12.3. The number of nitrogens with zero attached hydrogens (tertiary/aromatic N) is 3. The molecule has 25 heavy (non-hydrogen) atoms. The van der Waals surface area contributed by atoms with E-state index >= 15 is 0 Å². The van der Waals surface area contributed by atoms with Crippen LogP contribution in [0.3, 0.4) is 0 Å². The molecule has 7 nitrogen and oxygen atoms in total. The van der Waals surface area contributed by atoms with Crippen LogP contribution in [-0.2, 0) is 6.54 Å². The summed E-state index contributed by atoms with van der Waals surface area (Å²) in [6.07, 6.45) is 4.56. The van der Waals surface area contributed by atoms with E-state index in [-0.39, 0.29) is 6.10 Å². The van der Waals surface area contributed by atoms with E-state index in [4.69, 9.17) is 8.94 Å². The molecule has 2 aromatic heterocycles. The predicted molar refractivity (Wildman–Crippen MR) is 93.2 cm³/mol. The van der Waals surface area contributed by atoms with Gasteiger partial charge in [-0.15, -0.1) is 0 Å². The SMILES string of the molecule is OC1CCN(c2ccccc2NCc2noc(-c3ccoc3)n2)CC1. The summed E-state index contributed by atoms with van der Waals surface area (Å²) in [7, 11) is 0. The van der Waals surface area contributed by atoms with Crippen molar-refractivity contribution in [3.63, 3.8) is 0 Å². The number of aliphatic hydroxyl groups excluding tert-OH is 1. The van der Waals surface area contributed by atoms with Gasteiger partial charge in [0, 0.05) is 13.1 Å². The Balaban J connectivity index is 1.45. The zero-order chi connectivity index (χ0) is 17.1. The number of anilines is 2. The smallest absolute Gasteiger partial charge is 0.261 e. The second-order valence-electron chi connectivity index (χ2n) is 6.12. The third-order valence-corrected chi connectivity index (χ3v) is 4.38. The molecule has 0 bridgehead atoms. The van der Waals surface area contributed by atoms with E-state index in [2.05, 4.69) is 26.4 Å². The van der Waals surface area contributed by atoms with Gasteiger partial charge in [0.15, 0.2) is 5.82 Å². The van der Waals surface area contributed by atoms with E-state index in [0.29, 0.717) is 18.3 Å². The van der Waals surface area contributed by atoms with Crippen LogP contribution in [0.25, 0.3) is 11.5 Å². The van der Waals surface area contributed by atoms with Crippen LogP contribution < -0.4 is 10.2 Å². The van der Waals surface area contributed by atoms with Crippen LogP contribution in [0.5, 0.6) is 0 Å². The van der Waals surface area contributed by atoms with Crippen molar-refractivity contribution in [3.05, 3.63) is 48.7 Å². The number of piperidine rings is 1. The number of furan rings is 1. The van der Waals surface area contributed by atoms with Crippen molar-refractivity contribution < 1.29 is 14.0 Å². The van der Waals surface area contributed by atoms with Crippen molar-refractivity contribution in [3.8, 4) is 11.5 Å². The highest BCUT2D eigenvalue weighted by atomic mass is 16.5. The van der Waals surface area contributed by atoms with Gasteiger partial charge in [-0.1, -0.05) is 17.3 Å². The molecule has 7 heteroatoms. The molecule has 0 atom stereocenters. The summed E-state index contributed by atoms with van der Waals surface area (Å²) in [6.45, 7) is 2.17. The fourth-order valence-electron chi connectivity index (χ4n) is 3.01. The van der Waals surface area contributed by atoms with Gasteiger partial charge in [-0.2, -0.15) is 4.98 Å². The average Bonchev–Trinajstić information content (AvgIpc) is 3.32. The molecule has 1 aromatic carbocycles. The molecule has 0 spiro atoms. The number of rotatable bonds is 5. The molecule has 0 unspecified atom stereocenters. The first-order valence-corrected chi connectivity index (χ1v) is 8.40. The second-order valence-corrected chi connectivity index (χ2v) is 6.12. The number of hydrogen-bond acceptors (Lipinski definition) is 7. The Morgan fingerprint density at radius 3 is 2.84 bits per heavy atom. The fraction of sp³-hybridized carbons (Fsp3) is 0.333. The molecule has 1 aliphatic rings. The molecule has 130 valence electrons. The lowest BCUT2D eigenvalue weighted by Gasteiger charge is -2.32. The minimum Gasteiger partial charge on any atom is -0.472 e. The van der Waals surface area contributed by atoms with Gasteiger partial charge in [0.2, 0.25) is 0 Å². The third-order valence-electron chi connectivity index (χ3n) is 4.38. The highest BCUT2D eigenvalue weighted by Gasteiger charge is 2.19. The summed E-state index contributed by atoms with van der Waals surface area (Å²) < 4.78 is 10.3. The Bertz CT molecular complexity index is 807. The van der Waals surface area contributed by atoms with Crippen molar-refractivity contribution in [1.82, 2.24) is 10.1 Å². The van der Waals surface area contributed by atoms with Gasteiger partial charge < -0.3 is 24.3 Å². The first kappa shape index (κ1) is 15.7. The van der Waals surface area contributed by atoms with E-state index in [0.717, 1.165) is 42.9 Å². The molecule has 0 radical (unpaired) electrons. The second kappa shape index (κ2) is 6.98. The van der Waals surface area contributed by atoms with E-state index in [1.165, 1.54) is 0 Å². The standard InChI is InChI=1S/C18H20N4O3/c23-14-5-8-22(9-6-14)16-4-2-1-3-15(16)19-11-17-20-18(25-21-17)13-7-10-24-12-13/h1-4,7,10,12,14,19,23H,5-6,8-9,11H2. The van der Waals surface area contributed by atoms with E-state index in [1.54, 1.807) is 18.6 Å². The lowest BCUT2D eigenvalue weighted by molar-refractivity contribution is 0.145. The fourth-order valence-corrected chi connectivity index (χ4v) is 3.01. The van der Waals surface area contributed by atoms with Crippen molar-refractivity contribution in [2.24, 2.45) is 0 Å². The molecular formula is C18H20N4O3. The van der Waals surface area contributed by atoms with Crippen LogP contribution in [0.15, 0.2) is 51.8 Å². The molecule has 0 aliphatic carbocycles. The maximum Gasteiger partial charge on any atom is 0.261 e. The molecule has 0 amide bonds. The summed E-state index contributed by atoms with van der Waals surface area (Å²) in [6, 6.07) is 9.93. The van der Waals surface area contributed by atoms with Crippen molar-refractivity contribution >= 4 is 11.4 Å². The van der Waals surface area contributed by atoms with Gasteiger partial charge in [0.05, 0.1) is 35.9 Å². The maximum absolute atomic E-state index is 9.70. The zero-order valence-corrected chi connectivity index (χ0v) is 13.8. The summed E-state index contributed by atoms with van der Waals surface area (Å²) in [5.41, 5.74) is 2.92. The first-order valence-electron chi connectivity index (χ1n) is 8.40. The maximum atomic E-state index is 9.70. The van der Waals surface area contributed by atoms with Gasteiger partial charge in [-0.3, -0.25) is 0 Å². The Hall–Kier alpha value is -2.80. The monoisotopic (exact) mass is 340 g/mol. The number of benzene rings is 1. The number of aliphatic hydroxyl groups is 1. The lowest BCUT2D eigenvalue weighted by Crippen LogP contribution is -2.36. The number of aromatic nitrogens is 2. The number of hydrogen-bond donors (Lipinski definition) is 2. The molecule has 1 fully saturated rings. The van der Waals surface area contributed by atoms with E-state index in [1.807, 2.05) is 18.2 Å². The topological polar surface area (TPSA) is 87.6 Å². The molecule has 2 N–H and O–H groups in total. The van der Waals surface area contributed by atoms with Crippen molar-refractivity contribution in [1.29, 1.82) is 0 Å². The van der Waals surface area contributed by atoms with Gasteiger partial charge >= 0.3 is 0 Å². The highest BCUT2D eigenvalue weighted by Crippen LogP contribution is 2.28. The van der Waals surface area contributed by atoms with E-state index in [9.17, 15) is 5.11 Å². The Morgan fingerprint density at radius 2 is 2.04 bits per heavy atom. The Kier molecular flexibility index (Phi) is 4.39. The van der Waals surface area contributed by atoms with Crippen LogP contribution in [0.4, 0.5) is 11.4 Å². The van der Waals surface area contributed by atoms with Crippen LogP contribution in [0.2, 0.25) is 0 Å². The molecule has 0 saturated carbocycles. The minimum atomic E-state index is -0.183. The van der Waals surface area contributed by atoms with Crippen LogP contribution in [0, 0.1) is 0 Å². The normalized spacial score (nSPS) is 15.5. The van der Waals surface area contributed by atoms with Gasteiger partial charge in [0.1, 0.15) is 6.26 Å². The largest absolute Gasteiger partial charge is 0.472 e. The molecule has 4 rings (SSSR count). The summed E-state index contributed by atoms with van der Waals surface area (Å²) in [5.74, 6) is 1.03. The minimum absolute atomic E-state index is 0.183.